The van der Waals surface area contributed by atoms with Gasteiger partial charge in [0.05, 0.1) is 12.2 Å². The number of anilines is 1. The van der Waals surface area contributed by atoms with Gasteiger partial charge in [-0.15, -0.1) is 0 Å². The van der Waals surface area contributed by atoms with Crippen LogP contribution < -0.4 is 15.0 Å². The van der Waals surface area contributed by atoms with E-state index in [9.17, 15) is 9.59 Å². The lowest BCUT2D eigenvalue weighted by Crippen LogP contribution is -2.52. The van der Waals surface area contributed by atoms with Gasteiger partial charge in [-0.2, -0.15) is 0 Å². The Balaban J connectivity index is 1.72. The van der Waals surface area contributed by atoms with Crippen LogP contribution in [0.25, 0.3) is 0 Å². The predicted octanol–water partition coefficient (Wildman–Crippen LogP) is 2.24. The van der Waals surface area contributed by atoms with Crippen molar-refractivity contribution in [2.45, 2.75) is 32.3 Å². The van der Waals surface area contributed by atoms with Gasteiger partial charge in [-0.3, -0.25) is 9.69 Å². The summed E-state index contributed by atoms with van der Waals surface area (Å²) < 4.78 is 5.95. The van der Waals surface area contributed by atoms with Crippen LogP contribution in [-0.4, -0.2) is 49.6 Å². The topological polar surface area (TPSA) is 61.9 Å². The third-order valence-electron chi connectivity index (χ3n) is 4.90. The molecule has 1 atom stereocenters. The molecule has 0 unspecified atom stereocenters. The van der Waals surface area contributed by atoms with Gasteiger partial charge in [-0.1, -0.05) is 19.1 Å². The van der Waals surface area contributed by atoms with Gasteiger partial charge in [-0.05, 0) is 31.4 Å². The number of carbonyl (C=O) groups excluding carboxylic acids is 2. The average molecular weight is 331 g/mol. The molecule has 3 amide bonds. The van der Waals surface area contributed by atoms with E-state index in [1.165, 1.54) is 0 Å². The minimum atomic E-state index is 0.0133. The Morgan fingerprint density at radius 3 is 2.62 bits per heavy atom. The summed E-state index contributed by atoms with van der Waals surface area (Å²) >= 11 is 0. The minimum Gasteiger partial charge on any atom is -0.486 e. The van der Waals surface area contributed by atoms with Gasteiger partial charge in [0.1, 0.15) is 11.9 Å². The molecule has 2 aliphatic rings. The maximum Gasteiger partial charge on any atom is 0.324 e. The van der Waals surface area contributed by atoms with Crippen molar-refractivity contribution in [2.24, 2.45) is 5.92 Å². The second-order valence-corrected chi connectivity index (χ2v) is 6.38. The Morgan fingerprint density at radius 1 is 1.25 bits per heavy atom. The number of benzene rings is 1. The predicted molar refractivity (Wildman–Crippen MR) is 92.3 cm³/mol. The van der Waals surface area contributed by atoms with Crippen LogP contribution >= 0.6 is 0 Å². The molecule has 2 aliphatic heterocycles. The molecule has 1 saturated heterocycles. The second-order valence-electron chi connectivity index (χ2n) is 6.38. The number of nitrogens with zero attached hydrogens (tertiary/aromatic N) is 2. The van der Waals surface area contributed by atoms with Crippen molar-refractivity contribution < 1.29 is 14.3 Å². The van der Waals surface area contributed by atoms with Gasteiger partial charge in [0.2, 0.25) is 5.91 Å². The summed E-state index contributed by atoms with van der Waals surface area (Å²) in [6.45, 7) is 3.87. The fraction of sp³-hybridized carbons (Fsp3) is 0.556. The number of amides is 3. The highest BCUT2D eigenvalue weighted by atomic mass is 16.5. The number of fused-ring (bicyclic) bond motifs is 1. The first-order chi connectivity index (χ1) is 11.6. The molecule has 0 aromatic heterocycles. The largest absolute Gasteiger partial charge is 0.486 e. The van der Waals surface area contributed by atoms with E-state index in [1.54, 1.807) is 7.05 Å². The standard InChI is InChI=1S/C18H25N3O3/c1-3-14-12-21(15-6-4-5-7-16(15)24-14)18(23)20-10-8-13(9-11-20)17(22)19-2/h4-7,13-14H,3,8-12H2,1-2H3,(H,19,22)/t14-/m0/s1. The van der Waals surface area contributed by atoms with Crippen LogP contribution in [0.2, 0.25) is 0 Å². The van der Waals surface area contributed by atoms with Gasteiger partial charge in [-0.25, -0.2) is 4.79 Å². The number of rotatable bonds is 2. The van der Waals surface area contributed by atoms with Crippen LogP contribution in [0.1, 0.15) is 26.2 Å². The van der Waals surface area contributed by atoms with Crippen LogP contribution in [-0.2, 0) is 4.79 Å². The molecule has 1 fully saturated rings. The summed E-state index contributed by atoms with van der Waals surface area (Å²) in [4.78, 5) is 28.5. The van der Waals surface area contributed by atoms with Gasteiger partial charge in [0.15, 0.2) is 0 Å². The smallest absolute Gasteiger partial charge is 0.324 e. The molecule has 24 heavy (non-hydrogen) atoms. The monoisotopic (exact) mass is 331 g/mol. The Hall–Kier alpha value is -2.24. The minimum absolute atomic E-state index is 0.0133. The molecular weight excluding hydrogens is 306 g/mol. The van der Waals surface area contributed by atoms with E-state index in [2.05, 4.69) is 12.2 Å². The Bertz CT molecular complexity index is 611. The maximum atomic E-state index is 13.0. The molecule has 0 bridgehead atoms. The molecule has 0 radical (unpaired) electrons. The van der Waals surface area contributed by atoms with E-state index in [0.717, 1.165) is 17.9 Å². The number of hydrogen-bond acceptors (Lipinski definition) is 3. The van der Waals surface area contributed by atoms with Gasteiger partial charge in [0, 0.05) is 26.1 Å². The fourth-order valence-corrected chi connectivity index (χ4v) is 3.40. The molecule has 6 heteroatoms. The van der Waals surface area contributed by atoms with Crippen molar-refractivity contribution in [2.75, 3.05) is 31.6 Å². The third-order valence-corrected chi connectivity index (χ3v) is 4.90. The zero-order valence-electron chi connectivity index (χ0n) is 14.3. The molecule has 1 N–H and O–H groups in total. The van der Waals surface area contributed by atoms with E-state index in [-0.39, 0.29) is 24.0 Å². The molecule has 0 spiro atoms. The van der Waals surface area contributed by atoms with Crippen molar-refractivity contribution in [1.82, 2.24) is 10.2 Å². The van der Waals surface area contributed by atoms with Crippen molar-refractivity contribution in [3.63, 3.8) is 0 Å². The van der Waals surface area contributed by atoms with E-state index in [1.807, 2.05) is 34.1 Å². The van der Waals surface area contributed by atoms with Gasteiger partial charge < -0.3 is 15.0 Å². The molecule has 0 saturated carbocycles. The fourth-order valence-electron chi connectivity index (χ4n) is 3.40. The first-order valence-corrected chi connectivity index (χ1v) is 8.67. The number of nitrogens with one attached hydrogen (secondary N) is 1. The SMILES string of the molecule is CC[C@H]1CN(C(=O)N2CCC(C(=O)NC)CC2)c2ccccc2O1. The number of ether oxygens (including phenoxy) is 1. The maximum absolute atomic E-state index is 13.0. The van der Waals surface area contributed by atoms with Crippen LogP contribution in [0.3, 0.4) is 0 Å². The summed E-state index contributed by atoms with van der Waals surface area (Å²) in [6, 6.07) is 7.70. The van der Waals surface area contributed by atoms with E-state index >= 15 is 0 Å². The van der Waals surface area contributed by atoms with Gasteiger partial charge >= 0.3 is 6.03 Å². The summed E-state index contributed by atoms with van der Waals surface area (Å²) in [5.74, 6) is 0.855. The van der Waals surface area contributed by atoms with Crippen LogP contribution in [0, 0.1) is 5.92 Å². The van der Waals surface area contributed by atoms with Crippen molar-refractivity contribution in [3.05, 3.63) is 24.3 Å². The van der Waals surface area contributed by atoms with Crippen molar-refractivity contribution >= 4 is 17.6 Å². The third kappa shape index (κ3) is 3.18. The van der Waals surface area contributed by atoms with Crippen molar-refractivity contribution in [1.29, 1.82) is 0 Å². The summed E-state index contributed by atoms with van der Waals surface area (Å²) in [7, 11) is 1.66. The highest BCUT2D eigenvalue weighted by molar-refractivity contribution is 5.94. The lowest BCUT2D eigenvalue weighted by Gasteiger charge is -2.39. The van der Waals surface area contributed by atoms with E-state index in [0.29, 0.717) is 32.5 Å². The lowest BCUT2D eigenvalue weighted by atomic mass is 9.96. The molecule has 6 nitrogen and oxygen atoms in total. The first kappa shape index (κ1) is 16.6. The molecular formula is C18H25N3O3. The van der Waals surface area contributed by atoms with E-state index in [4.69, 9.17) is 4.74 Å². The number of piperidine rings is 1. The molecule has 1 aromatic carbocycles. The average Bonchev–Trinajstić information content (AvgIpc) is 2.66. The highest BCUT2D eigenvalue weighted by Gasteiger charge is 2.34. The molecule has 3 rings (SSSR count). The van der Waals surface area contributed by atoms with E-state index < -0.39 is 0 Å². The number of hydrogen-bond donors (Lipinski definition) is 1. The Labute approximate surface area is 142 Å². The quantitative estimate of drug-likeness (QED) is 0.904. The van der Waals surface area contributed by atoms with Crippen LogP contribution in [0.5, 0.6) is 5.75 Å². The first-order valence-electron chi connectivity index (χ1n) is 8.67. The Kier molecular flexibility index (Phi) is 4.92. The molecule has 0 aliphatic carbocycles. The van der Waals surface area contributed by atoms with Crippen molar-refractivity contribution in [3.8, 4) is 5.75 Å². The number of urea groups is 1. The van der Waals surface area contributed by atoms with Crippen LogP contribution in [0.4, 0.5) is 10.5 Å². The number of likely N-dealkylation sites (tertiary alicyclic amines) is 1. The van der Waals surface area contributed by atoms with Gasteiger partial charge in [0.25, 0.3) is 0 Å². The normalized spacial score (nSPS) is 21.0. The second kappa shape index (κ2) is 7.11. The zero-order valence-corrected chi connectivity index (χ0v) is 14.3. The summed E-state index contributed by atoms with van der Waals surface area (Å²) in [5.41, 5.74) is 0.834. The van der Waals surface area contributed by atoms with Crippen LogP contribution in [0.15, 0.2) is 24.3 Å². The molecule has 130 valence electrons. The number of carbonyl (C=O) groups is 2. The highest BCUT2D eigenvalue weighted by Crippen LogP contribution is 2.34. The molecule has 1 aromatic rings. The lowest BCUT2D eigenvalue weighted by molar-refractivity contribution is -0.125. The summed E-state index contributed by atoms with van der Waals surface area (Å²) in [6.07, 6.45) is 2.31. The molecule has 2 heterocycles. The zero-order chi connectivity index (χ0) is 17.1. The Morgan fingerprint density at radius 2 is 1.96 bits per heavy atom. The summed E-state index contributed by atoms with van der Waals surface area (Å²) in [5, 5.41) is 2.70. The number of para-hydroxylation sites is 2.